The third kappa shape index (κ3) is 18.0. The quantitative estimate of drug-likeness (QED) is 0.0737. The maximum absolute atomic E-state index is 12.0. The van der Waals surface area contributed by atoms with E-state index in [0.29, 0.717) is 62.4 Å². The smallest absolute Gasteiger partial charge is 0.305 e. The molecule has 0 amide bonds. The summed E-state index contributed by atoms with van der Waals surface area (Å²) < 4.78 is 62.2. The second-order valence-corrected chi connectivity index (χ2v) is 22.4. The van der Waals surface area contributed by atoms with E-state index in [-0.39, 0.29) is 157 Å². The van der Waals surface area contributed by atoms with Crippen molar-refractivity contribution in [2.75, 3.05) is 14.2 Å². The van der Waals surface area contributed by atoms with Crippen LogP contribution in [0.25, 0.3) is 0 Å². The van der Waals surface area contributed by atoms with Crippen molar-refractivity contribution in [1.29, 1.82) is 0 Å². The van der Waals surface area contributed by atoms with Gasteiger partial charge in [-0.1, -0.05) is 108 Å². The minimum atomic E-state index is -0.383. The van der Waals surface area contributed by atoms with E-state index in [9.17, 15) is 14.4 Å². The van der Waals surface area contributed by atoms with Crippen LogP contribution < -0.4 is 4.74 Å². The zero-order valence-corrected chi connectivity index (χ0v) is 49.2. The van der Waals surface area contributed by atoms with Gasteiger partial charge in [-0.2, -0.15) is 0 Å². The Morgan fingerprint density at radius 3 is 1.59 bits per heavy atom. The van der Waals surface area contributed by atoms with Crippen LogP contribution in [0.4, 0.5) is 0 Å². The molecular formula is C61H100O13Y. The number of rotatable bonds is 19. The summed E-state index contributed by atoms with van der Waals surface area (Å²) in [6.07, 6.45) is 11.6. The number of benzene rings is 1. The number of carbonyl (C=O) groups excluding carboxylic acids is 3. The fourth-order valence-corrected chi connectivity index (χ4v) is 12.5. The van der Waals surface area contributed by atoms with E-state index in [2.05, 4.69) is 68.5 Å². The minimum absolute atomic E-state index is 0. The van der Waals surface area contributed by atoms with Crippen LogP contribution in [-0.4, -0.2) is 118 Å². The molecule has 0 saturated carbocycles. The molecule has 2 unspecified atom stereocenters. The Morgan fingerprint density at radius 2 is 1.13 bits per heavy atom. The normalized spacial score (nSPS) is 37.3. The zero-order chi connectivity index (χ0) is 52.2. The van der Waals surface area contributed by atoms with Gasteiger partial charge in [0, 0.05) is 77.2 Å². The first kappa shape index (κ1) is 67.2. The van der Waals surface area contributed by atoms with Gasteiger partial charge in [-0.25, -0.2) is 0 Å². The fourth-order valence-electron chi connectivity index (χ4n) is 12.5. The van der Waals surface area contributed by atoms with E-state index in [0.717, 1.165) is 86.5 Å². The van der Waals surface area contributed by atoms with Crippen molar-refractivity contribution in [2.45, 2.75) is 259 Å². The van der Waals surface area contributed by atoms with Gasteiger partial charge in [0.25, 0.3) is 0 Å². The minimum Gasteiger partial charge on any atom is -0.497 e. The molecule has 75 heavy (non-hydrogen) atoms. The predicted octanol–water partition coefficient (Wildman–Crippen LogP) is 12.2. The zero-order valence-electron chi connectivity index (χ0n) is 46.3. The van der Waals surface area contributed by atoms with Crippen LogP contribution in [-0.2, 0) is 96.3 Å². The average molecular weight is 1130 g/mol. The van der Waals surface area contributed by atoms with Gasteiger partial charge in [-0.05, 0) is 104 Å². The molecule has 1 aromatic carbocycles. The summed E-state index contributed by atoms with van der Waals surface area (Å²) in [5.41, 5.74) is 3.24. The van der Waals surface area contributed by atoms with Crippen molar-refractivity contribution in [3.8, 4) is 5.75 Å². The summed E-state index contributed by atoms with van der Waals surface area (Å²) in [5.74, 6) is 2.04. The van der Waals surface area contributed by atoms with Gasteiger partial charge >= 0.3 is 11.9 Å². The summed E-state index contributed by atoms with van der Waals surface area (Å²) >= 11 is 0. The van der Waals surface area contributed by atoms with Gasteiger partial charge < -0.3 is 52.2 Å². The molecule has 0 N–H and O–H groups in total. The number of fused-ring (bicyclic) bond motifs is 2. The number of ether oxygens (including phenoxy) is 10. The maximum atomic E-state index is 12.0. The van der Waals surface area contributed by atoms with Crippen LogP contribution in [0.2, 0.25) is 0 Å². The third-order valence-corrected chi connectivity index (χ3v) is 16.9. The topological polar surface area (TPSA) is 144 Å². The van der Waals surface area contributed by atoms with Gasteiger partial charge in [-0.15, -0.1) is 0 Å². The molecule has 425 valence electrons. The Kier molecular flexibility index (Phi) is 28.9. The first-order valence-corrected chi connectivity index (χ1v) is 27.7. The van der Waals surface area contributed by atoms with Crippen LogP contribution in [0.1, 0.15) is 173 Å². The molecule has 14 heteroatoms. The predicted molar refractivity (Wildman–Crippen MR) is 290 cm³/mol. The molecule has 0 aliphatic carbocycles. The van der Waals surface area contributed by atoms with E-state index in [1.54, 1.807) is 7.11 Å². The van der Waals surface area contributed by atoms with Crippen molar-refractivity contribution in [1.82, 2.24) is 0 Å². The Labute approximate surface area is 478 Å². The van der Waals surface area contributed by atoms with E-state index in [1.165, 1.54) is 14.0 Å². The standard InChI is InChI=1S/C33H50O7.C26H42O6.2CH4.Y/c1-8-9-27-21(3)17-29-33(40-27)23(5)32(37-19-24-10-12-25(35-6)13-11-24)30(39-29)18-28-22(4)20(2)16-26(38-28)14-15-31(34)36-7;1-7-9-21-16(3)13-23-26(32-21)18(5)25(29-19(6)28)24(31-23)14-22-17(4)15(2)12-20(30-22)10-8-11-27;;;/h10-13,20-21,23,26-30,32-33H,4,8-9,14-19H2,1-3,5-7H3;11,15-16,18,20-26H,4,7-10,12-14H2,1-3,5-6H3;2*1H4;/t20-,21-,23-,26+,27-,28?,29+,30+,32-,33+;15-,16-,18-,20+,21-,22?,23+,24+,25-,26+;;;/m11.../s1. The average Bonchev–Trinajstić information content (AvgIpc) is 3.35. The summed E-state index contributed by atoms with van der Waals surface area (Å²) in [6.45, 7) is 28.3. The van der Waals surface area contributed by atoms with E-state index in [1.807, 2.05) is 24.3 Å². The summed E-state index contributed by atoms with van der Waals surface area (Å²) in [5, 5.41) is 0. The monoisotopic (exact) mass is 1130 g/mol. The van der Waals surface area contributed by atoms with Crippen molar-refractivity contribution < 1.29 is 94.5 Å². The van der Waals surface area contributed by atoms with Crippen LogP contribution in [0.15, 0.2) is 48.6 Å². The summed E-state index contributed by atoms with van der Waals surface area (Å²) in [6, 6.07) is 8.01. The van der Waals surface area contributed by atoms with Crippen molar-refractivity contribution in [3.63, 3.8) is 0 Å². The van der Waals surface area contributed by atoms with Gasteiger partial charge in [0.1, 0.15) is 18.1 Å². The molecule has 6 heterocycles. The third-order valence-electron chi connectivity index (χ3n) is 16.9. The molecule has 1 radical (unpaired) electrons. The van der Waals surface area contributed by atoms with Crippen molar-refractivity contribution >= 4 is 18.2 Å². The van der Waals surface area contributed by atoms with E-state index >= 15 is 0 Å². The number of methoxy groups -OCH3 is 2. The van der Waals surface area contributed by atoms with E-state index in [4.69, 9.17) is 47.4 Å². The Hall–Kier alpha value is -2.07. The number of aldehydes is 1. The Balaban J connectivity index is 0.000000389. The molecular weight excluding hydrogens is 1030 g/mol. The van der Waals surface area contributed by atoms with Crippen LogP contribution in [0, 0.1) is 35.5 Å². The molecule has 1 aromatic rings. The molecule has 13 nitrogen and oxygen atoms in total. The maximum Gasteiger partial charge on any atom is 0.305 e. The fraction of sp³-hybridized carbons (Fsp3) is 0.787. The first-order valence-electron chi connectivity index (χ1n) is 27.7. The van der Waals surface area contributed by atoms with Gasteiger partial charge in [-0.3, -0.25) is 9.59 Å². The van der Waals surface area contributed by atoms with Gasteiger partial charge in [0.15, 0.2) is 0 Å². The SMILES string of the molecule is C.C.C=C1C(C[C@@H]2O[C@H]3C[C@@H](C)[C@@H](CCC)O[C@H]3[C@H](C)[C@H]2OC(C)=O)O[C@@H](CCC=O)C[C@H]1C.C=C1C(C[C@@H]2O[C@H]3C[C@@H](C)[C@@H](CCC)O[C@H]3[C@H](C)[C@H]2OCc2ccc(OC)cc2)O[C@@H](CCC(=O)OC)C[C@H]1C.[Y]. The summed E-state index contributed by atoms with van der Waals surface area (Å²) in [4.78, 5) is 34.6. The Bertz CT molecular complexity index is 1900. The molecule has 0 bridgehead atoms. The van der Waals surface area contributed by atoms with Gasteiger partial charge in [0.05, 0.1) is 100 Å². The molecule has 6 aliphatic rings. The second kappa shape index (κ2) is 32.3. The van der Waals surface area contributed by atoms with Gasteiger partial charge in [0.2, 0.25) is 0 Å². The number of hydrogen-bond donors (Lipinski definition) is 0. The first-order chi connectivity index (χ1) is 34.5. The number of hydrogen-bond acceptors (Lipinski definition) is 13. The molecule has 20 atom stereocenters. The molecule has 6 fully saturated rings. The molecule has 6 saturated heterocycles. The summed E-state index contributed by atoms with van der Waals surface area (Å²) in [7, 11) is 3.10. The molecule has 7 rings (SSSR count). The Morgan fingerprint density at radius 1 is 0.653 bits per heavy atom. The molecule has 6 aliphatic heterocycles. The molecule has 0 aromatic heterocycles. The van der Waals surface area contributed by atoms with Crippen LogP contribution >= 0.6 is 0 Å². The largest absolute Gasteiger partial charge is 0.497 e. The van der Waals surface area contributed by atoms with Crippen LogP contribution in [0.5, 0.6) is 5.75 Å². The van der Waals surface area contributed by atoms with Crippen LogP contribution in [0.3, 0.4) is 0 Å². The number of carbonyl (C=O) groups is 3. The second-order valence-electron chi connectivity index (χ2n) is 22.4. The number of esters is 2. The van der Waals surface area contributed by atoms with Crippen molar-refractivity contribution in [2.24, 2.45) is 35.5 Å². The van der Waals surface area contributed by atoms with E-state index < -0.39 is 0 Å². The van der Waals surface area contributed by atoms with Crippen molar-refractivity contribution in [3.05, 3.63) is 54.1 Å². The molecule has 0 spiro atoms.